The maximum atomic E-state index is 11.9. The van der Waals surface area contributed by atoms with E-state index in [2.05, 4.69) is 10.3 Å². The summed E-state index contributed by atoms with van der Waals surface area (Å²) < 4.78 is 5.61. The average molecular weight is 348 g/mol. The van der Waals surface area contributed by atoms with Crippen LogP contribution >= 0.6 is 23.1 Å². The first kappa shape index (κ1) is 16.3. The third kappa shape index (κ3) is 5.25. The summed E-state index contributed by atoms with van der Waals surface area (Å²) in [4.78, 5) is 16.0. The van der Waals surface area contributed by atoms with Crippen molar-refractivity contribution in [3.8, 4) is 10.9 Å². The van der Waals surface area contributed by atoms with E-state index in [1.165, 1.54) is 37.0 Å². The minimum Gasteiger partial charge on any atom is -0.431 e. The van der Waals surface area contributed by atoms with E-state index >= 15 is 0 Å². The highest BCUT2D eigenvalue weighted by Crippen LogP contribution is 2.29. The van der Waals surface area contributed by atoms with Crippen molar-refractivity contribution in [2.24, 2.45) is 0 Å². The molecule has 1 fully saturated rings. The largest absolute Gasteiger partial charge is 0.431 e. The zero-order valence-corrected chi connectivity index (χ0v) is 14.5. The number of hydrogen-bond acceptors (Lipinski definition) is 5. The maximum Gasteiger partial charge on any atom is 0.278 e. The van der Waals surface area contributed by atoms with Crippen molar-refractivity contribution in [3.63, 3.8) is 0 Å². The van der Waals surface area contributed by atoms with Crippen molar-refractivity contribution in [2.45, 2.75) is 37.5 Å². The third-order valence-corrected chi connectivity index (χ3v) is 5.80. The summed E-state index contributed by atoms with van der Waals surface area (Å²) in [7, 11) is 0. The second kappa shape index (κ2) is 8.36. The molecule has 0 atom stereocenters. The van der Waals surface area contributed by atoms with E-state index in [4.69, 9.17) is 4.74 Å². The molecular weight excluding hydrogens is 328 g/mol. The highest BCUT2D eigenvalue weighted by Gasteiger charge is 2.16. The van der Waals surface area contributed by atoms with Gasteiger partial charge in [-0.15, -0.1) is 11.8 Å². The molecule has 1 aromatic heterocycles. The van der Waals surface area contributed by atoms with Crippen LogP contribution in [0.5, 0.6) is 10.9 Å². The molecule has 1 heterocycles. The van der Waals surface area contributed by atoms with Crippen molar-refractivity contribution in [1.82, 2.24) is 10.3 Å². The minimum absolute atomic E-state index is 0.116. The lowest BCUT2D eigenvalue weighted by Crippen LogP contribution is -2.25. The van der Waals surface area contributed by atoms with E-state index in [1.807, 2.05) is 29.6 Å². The van der Waals surface area contributed by atoms with Gasteiger partial charge in [0, 0.05) is 23.4 Å². The quantitative estimate of drug-likeness (QED) is 0.813. The number of aromatic nitrogens is 1. The number of carbonyl (C=O) groups excluding carboxylic acids is 1. The fourth-order valence-electron chi connectivity index (χ4n) is 2.54. The zero-order valence-electron chi connectivity index (χ0n) is 12.9. The Morgan fingerprint density at radius 3 is 2.78 bits per heavy atom. The number of thiazole rings is 1. The summed E-state index contributed by atoms with van der Waals surface area (Å²) >= 11 is 3.25. The zero-order chi connectivity index (χ0) is 15.9. The Kier molecular flexibility index (Phi) is 5.93. The van der Waals surface area contributed by atoms with Gasteiger partial charge in [0.1, 0.15) is 5.75 Å². The molecule has 1 aromatic carbocycles. The molecule has 1 aliphatic carbocycles. The SMILES string of the molecule is O=C(CSC1CCCC1)NCc1ccc(Oc2nccs2)cc1. The van der Waals surface area contributed by atoms with Gasteiger partial charge >= 0.3 is 0 Å². The van der Waals surface area contributed by atoms with E-state index in [9.17, 15) is 4.79 Å². The van der Waals surface area contributed by atoms with Gasteiger partial charge in [0.05, 0.1) is 5.75 Å². The Bertz CT molecular complexity index is 608. The van der Waals surface area contributed by atoms with Crippen LogP contribution in [0, 0.1) is 0 Å². The summed E-state index contributed by atoms with van der Waals surface area (Å²) in [6.07, 6.45) is 6.87. The fourth-order valence-corrected chi connectivity index (χ4v) is 4.20. The Morgan fingerprint density at radius 2 is 2.09 bits per heavy atom. The van der Waals surface area contributed by atoms with Gasteiger partial charge in [0.15, 0.2) is 0 Å². The molecule has 0 aliphatic heterocycles. The monoisotopic (exact) mass is 348 g/mol. The summed E-state index contributed by atoms with van der Waals surface area (Å²) in [6.45, 7) is 0.557. The second-order valence-electron chi connectivity index (χ2n) is 5.54. The molecule has 122 valence electrons. The first-order valence-corrected chi connectivity index (χ1v) is 9.77. The average Bonchev–Trinajstić information content (AvgIpc) is 3.26. The number of nitrogens with one attached hydrogen (secondary N) is 1. The smallest absolute Gasteiger partial charge is 0.278 e. The van der Waals surface area contributed by atoms with Crippen molar-refractivity contribution >= 4 is 29.0 Å². The predicted octanol–water partition coefficient (Wildman–Crippen LogP) is 4.23. The molecule has 6 heteroatoms. The predicted molar refractivity (Wildman–Crippen MR) is 95.2 cm³/mol. The lowest BCUT2D eigenvalue weighted by atomic mass is 10.2. The van der Waals surface area contributed by atoms with Crippen LogP contribution in [-0.4, -0.2) is 21.9 Å². The number of thioether (sulfide) groups is 1. The molecule has 3 rings (SSSR count). The van der Waals surface area contributed by atoms with Crippen LogP contribution in [-0.2, 0) is 11.3 Å². The minimum atomic E-state index is 0.116. The van der Waals surface area contributed by atoms with E-state index < -0.39 is 0 Å². The van der Waals surface area contributed by atoms with E-state index in [0.717, 1.165) is 11.3 Å². The van der Waals surface area contributed by atoms with E-state index in [1.54, 1.807) is 18.0 Å². The van der Waals surface area contributed by atoms with Crippen molar-refractivity contribution in [1.29, 1.82) is 0 Å². The summed E-state index contributed by atoms with van der Waals surface area (Å²) in [5, 5.41) is 6.17. The molecule has 0 unspecified atom stereocenters. The number of carbonyl (C=O) groups is 1. The van der Waals surface area contributed by atoms with Gasteiger partial charge < -0.3 is 10.1 Å². The standard InChI is InChI=1S/C17H20N2O2S2/c20-16(12-23-15-3-1-2-4-15)19-11-13-5-7-14(8-6-13)21-17-18-9-10-22-17/h5-10,15H,1-4,11-12H2,(H,19,20). The fraction of sp³-hybridized carbons (Fsp3) is 0.412. The van der Waals surface area contributed by atoms with Crippen LogP contribution < -0.4 is 10.1 Å². The van der Waals surface area contributed by atoms with Crippen LogP contribution in [0.4, 0.5) is 0 Å². The van der Waals surface area contributed by atoms with E-state index in [0.29, 0.717) is 22.7 Å². The molecule has 1 amide bonds. The number of benzene rings is 1. The molecule has 0 spiro atoms. The van der Waals surface area contributed by atoms with Crippen LogP contribution in [0.1, 0.15) is 31.2 Å². The van der Waals surface area contributed by atoms with Crippen LogP contribution in [0.15, 0.2) is 35.8 Å². The highest BCUT2D eigenvalue weighted by atomic mass is 32.2. The van der Waals surface area contributed by atoms with Crippen LogP contribution in [0.3, 0.4) is 0 Å². The summed E-state index contributed by atoms with van der Waals surface area (Å²) in [5.41, 5.74) is 1.07. The molecule has 0 bridgehead atoms. The van der Waals surface area contributed by atoms with Gasteiger partial charge in [-0.2, -0.15) is 0 Å². The number of nitrogens with zero attached hydrogens (tertiary/aromatic N) is 1. The molecule has 1 N–H and O–H groups in total. The first-order chi connectivity index (χ1) is 11.3. The van der Waals surface area contributed by atoms with E-state index in [-0.39, 0.29) is 5.91 Å². The van der Waals surface area contributed by atoms with Gasteiger partial charge in [0.25, 0.3) is 5.19 Å². The molecule has 1 saturated carbocycles. The number of amides is 1. The number of rotatable bonds is 7. The molecule has 4 nitrogen and oxygen atoms in total. The molecule has 23 heavy (non-hydrogen) atoms. The molecule has 0 saturated heterocycles. The van der Waals surface area contributed by atoms with Gasteiger partial charge in [-0.05, 0) is 30.5 Å². The van der Waals surface area contributed by atoms with Gasteiger partial charge in [-0.25, -0.2) is 4.98 Å². The van der Waals surface area contributed by atoms with Crippen molar-refractivity contribution < 1.29 is 9.53 Å². The second-order valence-corrected chi connectivity index (χ2v) is 7.68. The lowest BCUT2D eigenvalue weighted by molar-refractivity contribution is -0.118. The highest BCUT2D eigenvalue weighted by molar-refractivity contribution is 8.00. The summed E-state index contributed by atoms with van der Waals surface area (Å²) in [6, 6.07) is 7.73. The van der Waals surface area contributed by atoms with Crippen LogP contribution in [0.2, 0.25) is 0 Å². The molecular formula is C17H20N2O2S2. The van der Waals surface area contributed by atoms with Gasteiger partial charge in [0.2, 0.25) is 5.91 Å². The Hall–Kier alpha value is -1.53. The van der Waals surface area contributed by atoms with Crippen molar-refractivity contribution in [2.75, 3.05) is 5.75 Å². The lowest BCUT2D eigenvalue weighted by Gasteiger charge is -2.09. The van der Waals surface area contributed by atoms with Crippen molar-refractivity contribution in [3.05, 3.63) is 41.4 Å². The summed E-state index contributed by atoms with van der Waals surface area (Å²) in [5.74, 6) is 1.44. The maximum absolute atomic E-state index is 11.9. The Labute approximate surface area is 144 Å². The molecule has 0 radical (unpaired) electrons. The topological polar surface area (TPSA) is 51.2 Å². The molecule has 1 aliphatic rings. The Balaban J connectivity index is 1.40. The number of ether oxygens (including phenoxy) is 1. The van der Waals surface area contributed by atoms with Crippen LogP contribution in [0.25, 0.3) is 0 Å². The molecule has 2 aromatic rings. The van der Waals surface area contributed by atoms with Gasteiger partial charge in [-0.1, -0.05) is 36.3 Å². The van der Waals surface area contributed by atoms with Gasteiger partial charge in [-0.3, -0.25) is 4.79 Å². The third-order valence-electron chi connectivity index (χ3n) is 3.78. The Morgan fingerprint density at radius 1 is 1.30 bits per heavy atom. The number of hydrogen-bond donors (Lipinski definition) is 1. The normalized spacial score (nSPS) is 14.8. The first-order valence-electron chi connectivity index (χ1n) is 7.84.